The molecule has 0 aromatic heterocycles. The third-order valence-electron chi connectivity index (χ3n) is 1.99. The van der Waals surface area contributed by atoms with Crippen molar-refractivity contribution in [2.24, 2.45) is 5.73 Å². The maximum atomic E-state index is 9.08. The molecule has 10 heavy (non-hydrogen) atoms. The number of aliphatic hydroxyl groups is 3. The lowest BCUT2D eigenvalue weighted by molar-refractivity contribution is -0.0645. The molecule has 5 N–H and O–H groups in total. The van der Waals surface area contributed by atoms with Crippen LogP contribution in [0.3, 0.4) is 0 Å². The first kappa shape index (κ1) is 7.94. The van der Waals surface area contributed by atoms with Gasteiger partial charge in [-0.3, -0.25) is 0 Å². The van der Waals surface area contributed by atoms with Crippen molar-refractivity contribution in [3.63, 3.8) is 0 Å². The highest BCUT2D eigenvalue weighted by molar-refractivity contribution is 4.89. The Bertz CT molecular complexity index is 106. The molecule has 0 bridgehead atoms. The van der Waals surface area contributed by atoms with Gasteiger partial charge in [0.05, 0.1) is 24.4 Å². The fourth-order valence-electron chi connectivity index (χ4n) is 1.19. The molecule has 4 nitrogen and oxygen atoms in total. The molecule has 60 valence electrons. The van der Waals surface area contributed by atoms with Gasteiger partial charge in [0.2, 0.25) is 0 Å². The van der Waals surface area contributed by atoms with E-state index in [-0.39, 0.29) is 0 Å². The number of hydrogen-bond donors (Lipinski definition) is 4. The maximum Gasteiger partial charge on any atom is 0.0974 e. The first-order valence-electron chi connectivity index (χ1n) is 3.42. The van der Waals surface area contributed by atoms with Crippen molar-refractivity contribution in [2.75, 3.05) is 0 Å². The minimum Gasteiger partial charge on any atom is -0.391 e. The Morgan fingerprint density at radius 1 is 1.00 bits per heavy atom. The first-order chi connectivity index (χ1) is 4.63. The van der Waals surface area contributed by atoms with Crippen molar-refractivity contribution in [3.8, 4) is 0 Å². The first-order valence-corrected chi connectivity index (χ1v) is 3.42. The molecule has 0 heterocycles. The van der Waals surface area contributed by atoms with Crippen molar-refractivity contribution in [3.05, 3.63) is 0 Å². The summed E-state index contributed by atoms with van der Waals surface area (Å²) in [6, 6.07) is -0.691. The summed E-state index contributed by atoms with van der Waals surface area (Å²) >= 11 is 0. The van der Waals surface area contributed by atoms with Gasteiger partial charge in [0.15, 0.2) is 0 Å². The molecule has 0 unspecified atom stereocenters. The molecule has 1 saturated carbocycles. The van der Waals surface area contributed by atoms with Gasteiger partial charge in [0, 0.05) is 0 Å². The quantitative estimate of drug-likeness (QED) is 0.325. The Balaban J connectivity index is 2.52. The summed E-state index contributed by atoms with van der Waals surface area (Å²) in [4.78, 5) is 0. The normalized spacial score (nSPS) is 49.2. The highest BCUT2D eigenvalue weighted by atomic mass is 16.3. The summed E-state index contributed by atoms with van der Waals surface area (Å²) in [5, 5.41) is 27.2. The summed E-state index contributed by atoms with van der Waals surface area (Å²) in [5.74, 6) is 0. The largest absolute Gasteiger partial charge is 0.391 e. The van der Waals surface area contributed by atoms with Crippen molar-refractivity contribution in [1.82, 2.24) is 0 Å². The van der Waals surface area contributed by atoms with Crippen LogP contribution in [0.4, 0.5) is 0 Å². The molecule has 1 aliphatic carbocycles. The van der Waals surface area contributed by atoms with E-state index in [1.807, 2.05) is 0 Å². The van der Waals surface area contributed by atoms with E-state index in [1.165, 1.54) is 0 Å². The SMILES string of the molecule is N[C@H]1[C@H](O)[C@H](O)CC[C@@H]1O. The molecule has 0 spiro atoms. The van der Waals surface area contributed by atoms with Crippen LogP contribution in [0.25, 0.3) is 0 Å². The lowest BCUT2D eigenvalue weighted by Crippen LogP contribution is -2.54. The molecular weight excluding hydrogens is 134 g/mol. The summed E-state index contributed by atoms with van der Waals surface area (Å²) in [5.41, 5.74) is 5.35. The topological polar surface area (TPSA) is 86.7 Å². The zero-order valence-electron chi connectivity index (χ0n) is 5.64. The molecule has 0 radical (unpaired) electrons. The second kappa shape index (κ2) is 2.84. The van der Waals surface area contributed by atoms with Gasteiger partial charge < -0.3 is 21.1 Å². The van der Waals surface area contributed by atoms with Gasteiger partial charge in [-0.15, -0.1) is 0 Å². The molecule has 0 aliphatic heterocycles. The fourth-order valence-corrected chi connectivity index (χ4v) is 1.19. The average molecular weight is 147 g/mol. The van der Waals surface area contributed by atoms with Crippen molar-refractivity contribution < 1.29 is 15.3 Å². The molecule has 1 aliphatic rings. The Kier molecular flexibility index (Phi) is 2.25. The zero-order valence-corrected chi connectivity index (χ0v) is 5.64. The van der Waals surface area contributed by atoms with Crippen molar-refractivity contribution >= 4 is 0 Å². The van der Waals surface area contributed by atoms with E-state index < -0.39 is 24.4 Å². The van der Waals surface area contributed by atoms with Crippen LogP contribution in [-0.4, -0.2) is 39.7 Å². The second-order valence-electron chi connectivity index (χ2n) is 2.78. The summed E-state index contributed by atoms with van der Waals surface area (Å²) in [6.45, 7) is 0. The van der Waals surface area contributed by atoms with Crippen LogP contribution in [0.1, 0.15) is 12.8 Å². The molecule has 0 aromatic carbocycles. The van der Waals surface area contributed by atoms with E-state index in [4.69, 9.17) is 21.1 Å². The number of nitrogens with two attached hydrogens (primary N) is 1. The highest BCUT2D eigenvalue weighted by Gasteiger charge is 2.33. The van der Waals surface area contributed by atoms with E-state index in [0.717, 1.165) is 0 Å². The van der Waals surface area contributed by atoms with Gasteiger partial charge in [0.1, 0.15) is 0 Å². The predicted molar refractivity (Wildman–Crippen MR) is 35.2 cm³/mol. The Morgan fingerprint density at radius 3 is 2.00 bits per heavy atom. The third-order valence-corrected chi connectivity index (χ3v) is 1.99. The van der Waals surface area contributed by atoms with Crippen LogP contribution in [0.2, 0.25) is 0 Å². The highest BCUT2D eigenvalue weighted by Crippen LogP contribution is 2.17. The minimum atomic E-state index is -0.969. The molecule has 1 rings (SSSR count). The van der Waals surface area contributed by atoms with Gasteiger partial charge in [-0.05, 0) is 12.8 Å². The van der Waals surface area contributed by atoms with Gasteiger partial charge in [0.25, 0.3) is 0 Å². The maximum absolute atomic E-state index is 9.08. The average Bonchev–Trinajstić information content (AvgIpc) is 1.93. The summed E-state index contributed by atoms with van der Waals surface area (Å²) < 4.78 is 0. The summed E-state index contributed by atoms with van der Waals surface area (Å²) in [6.07, 6.45) is -1.50. The fraction of sp³-hybridized carbons (Fsp3) is 1.00. The molecular formula is C6H13NO3. The van der Waals surface area contributed by atoms with Crippen LogP contribution < -0.4 is 5.73 Å². The zero-order chi connectivity index (χ0) is 7.72. The van der Waals surface area contributed by atoms with E-state index in [1.54, 1.807) is 0 Å². The lowest BCUT2D eigenvalue weighted by atomic mass is 9.88. The van der Waals surface area contributed by atoms with Crippen LogP contribution in [0.5, 0.6) is 0 Å². The van der Waals surface area contributed by atoms with Gasteiger partial charge in [-0.2, -0.15) is 0 Å². The number of aliphatic hydroxyl groups excluding tert-OH is 3. The van der Waals surface area contributed by atoms with Crippen molar-refractivity contribution in [1.29, 1.82) is 0 Å². The van der Waals surface area contributed by atoms with Gasteiger partial charge in [-0.25, -0.2) is 0 Å². The molecule has 0 aromatic rings. The smallest absolute Gasteiger partial charge is 0.0974 e. The second-order valence-corrected chi connectivity index (χ2v) is 2.78. The molecule has 0 saturated heterocycles. The molecule has 0 amide bonds. The predicted octanol–water partition coefficient (Wildman–Crippen LogP) is -1.81. The number of hydrogen-bond acceptors (Lipinski definition) is 4. The summed E-state index contributed by atoms with van der Waals surface area (Å²) in [7, 11) is 0. The standard InChI is InChI=1S/C6H13NO3/c7-5-3(8)1-2-4(9)6(5)10/h3-6,8-10H,1-2,7H2/t3-,4+,5+,6+/m0/s1. The van der Waals surface area contributed by atoms with Crippen LogP contribution >= 0.6 is 0 Å². The lowest BCUT2D eigenvalue weighted by Gasteiger charge is -2.32. The van der Waals surface area contributed by atoms with E-state index >= 15 is 0 Å². The Morgan fingerprint density at radius 2 is 1.50 bits per heavy atom. The van der Waals surface area contributed by atoms with E-state index in [9.17, 15) is 0 Å². The Labute approximate surface area is 59.3 Å². The van der Waals surface area contributed by atoms with Gasteiger partial charge >= 0.3 is 0 Å². The number of rotatable bonds is 0. The van der Waals surface area contributed by atoms with E-state index in [0.29, 0.717) is 12.8 Å². The van der Waals surface area contributed by atoms with Crippen molar-refractivity contribution in [2.45, 2.75) is 37.2 Å². The van der Waals surface area contributed by atoms with Crippen LogP contribution in [0.15, 0.2) is 0 Å². The minimum absolute atomic E-state index is 0.427. The van der Waals surface area contributed by atoms with E-state index in [2.05, 4.69) is 0 Å². The van der Waals surface area contributed by atoms with Crippen LogP contribution in [0, 0.1) is 0 Å². The third kappa shape index (κ3) is 1.29. The Hall–Kier alpha value is -0.160. The molecule has 4 atom stereocenters. The monoisotopic (exact) mass is 147 g/mol. The molecule has 4 heteroatoms. The van der Waals surface area contributed by atoms with Crippen LogP contribution in [-0.2, 0) is 0 Å². The van der Waals surface area contributed by atoms with Gasteiger partial charge in [-0.1, -0.05) is 0 Å². The molecule has 1 fully saturated rings.